The smallest absolute Gasteiger partial charge is 0.0940 e. The molecule has 4 nitrogen and oxygen atoms in total. The van der Waals surface area contributed by atoms with Crippen molar-refractivity contribution in [2.45, 2.75) is 6.42 Å². The van der Waals surface area contributed by atoms with E-state index >= 15 is 0 Å². The summed E-state index contributed by atoms with van der Waals surface area (Å²) < 4.78 is 5.28. The fourth-order valence-electron chi connectivity index (χ4n) is 2.05. The van der Waals surface area contributed by atoms with E-state index in [1.54, 1.807) is 23.7 Å². The van der Waals surface area contributed by atoms with Gasteiger partial charge >= 0.3 is 0 Å². The van der Waals surface area contributed by atoms with Gasteiger partial charge in [-0.25, -0.2) is 4.98 Å². The molecule has 0 aromatic carbocycles. The van der Waals surface area contributed by atoms with E-state index in [0.29, 0.717) is 6.54 Å². The summed E-state index contributed by atoms with van der Waals surface area (Å²) >= 11 is 1.69. The van der Waals surface area contributed by atoms with Crippen molar-refractivity contribution in [2.24, 2.45) is 11.1 Å². The molecule has 1 saturated heterocycles. The number of nitrogens with two attached hydrogens (primary N) is 1. The van der Waals surface area contributed by atoms with Crippen LogP contribution in [0.1, 0.15) is 5.01 Å². The van der Waals surface area contributed by atoms with Crippen LogP contribution in [0.15, 0.2) is 29.9 Å². The maximum atomic E-state index is 5.82. The fourth-order valence-corrected chi connectivity index (χ4v) is 3.03. The molecule has 94 valence electrons. The van der Waals surface area contributed by atoms with Gasteiger partial charge in [-0.3, -0.25) is 4.98 Å². The second kappa shape index (κ2) is 4.76. The molecule has 0 atom stereocenters. The molecule has 2 aromatic rings. The normalized spacial score (nSPS) is 17.4. The number of hydrogen-bond acceptors (Lipinski definition) is 5. The van der Waals surface area contributed by atoms with Crippen molar-refractivity contribution in [3.63, 3.8) is 0 Å². The molecule has 1 aliphatic rings. The van der Waals surface area contributed by atoms with E-state index in [0.717, 1.165) is 35.9 Å². The molecule has 0 radical (unpaired) electrons. The van der Waals surface area contributed by atoms with Gasteiger partial charge in [0.1, 0.15) is 0 Å². The summed E-state index contributed by atoms with van der Waals surface area (Å²) in [4.78, 5) is 8.69. The lowest BCUT2D eigenvalue weighted by molar-refractivity contribution is -0.106. The number of pyridine rings is 1. The highest BCUT2D eigenvalue weighted by Gasteiger charge is 2.38. The summed E-state index contributed by atoms with van der Waals surface area (Å²) in [5.74, 6) is 0. The van der Waals surface area contributed by atoms with Crippen molar-refractivity contribution in [3.8, 4) is 11.3 Å². The first-order valence-corrected chi connectivity index (χ1v) is 6.82. The molecule has 3 rings (SSSR count). The summed E-state index contributed by atoms with van der Waals surface area (Å²) in [6.07, 6.45) is 4.49. The molecular weight excluding hydrogens is 246 g/mol. The summed E-state index contributed by atoms with van der Waals surface area (Å²) in [6.45, 7) is 2.18. The van der Waals surface area contributed by atoms with Gasteiger partial charge < -0.3 is 10.5 Å². The molecule has 2 aromatic heterocycles. The van der Waals surface area contributed by atoms with Crippen LogP contribution < -0.4 is 5.73 Å². The van der Waals surface area contributed by atoms with Gasteiger partial charge in [-0.15, -0.1) is 11.3 Å². The summed E-state index contributed by atoms with van der Waals surface area (Å²) in [6, 6.07) is 3.95. The molecule has 18 heavy (non-hydrogen) atoms. The van der Waals surface area contributed by atoms with Gasteiger partial charge in [-0.05, 0) is 12.1 Å². The Bertz CT molecular complexity index is 517. The van der Waals surface area contributed by atoms with Crippen LogP contribution in [0, 0.1) is 5.41 Å². The predicted octanol–water partition coefficient (Wildman–Crippen LogP) is 1.72. The van der Waals surface area contributed by atoms with Crippen LogP contribution in [-0.4, -0.2) is 29.7 Å². The van der Waals surface area contributed by atoms with E-state index in [4.69, 9.17) is 10.5 Å². The zero-order valence-corrected chi connectivity index (χ0v) is 10.8. The molecule has 5 heteroatoms. The minimum absolute atomic E-state index is 0.118. The highest BCUT2D eigenvalue weighted by molar-refractivity contribution is 7.09. The Balaban J connectivity index is 1.78. The van der Waals surface area contributed by atoms with Gasteiger partial charge in [0.05, 0.1) is 23.9 Å². The molecule has 2 N–H and O–H groups in total. The Hall–Kier alpha value is -1.30. The Morgan fingerprint density at radius 2 is 2.11 bits per heavy atom. The van der Waals surface area contributed by atoms with Gasteiger partial charge in [0, 0.05) is 41.7 Å². The Kier molecular flexibility index (Phi) is 3.11. The van der Waals surface area contributed by atoms with Crippen LogP contribution in [-0.2, 0) is 11.2 Å². The van der Waals surface area contributed by atoms with E-state index in [1.165, 1.54) is 0 Å². The van der Waals surface area contributed by atoms with Gasteiger partial charge in [0.15, 0.2) is 0 Å². The third-order valence-corrected chi connectivity index (χ3v) is 4.15. The Morgan fingerprint density at radius 3 is 2.72 bits per heavy atom. The second-order valence-corrected chi connectivity index (χ2v) is 5.68. The molecule has 0 bridgehead atoms. The maximum Gasteiger partial charge on any atom is 0.0940 e. The SMILES string of the molecule is NCC1(Cc2nc(-c3ccncc3)cs2)COC1. The van der Waals surface area contributed by atoms with E-state index in [2.05, 4.69) is 15.3 Å². The average Bonchev–Trinajstić information content (AvgIpc) is 2.83. The monoisotopic (exact) mass is 261 g/mol. The molecule has 0 spiro atoms. The van der Waals surface area contributed by atoms with E-state index < -0.39 is 0 Å². The third-order valence-electron chi connectivity index (χ3n) is 3.30. The van der Waals surface area contributed by atoms with Crippen LogP contribution in [0.3, 0.4) is 0 Å². The van der Waals surface area contributed by atoms with Crippen molar-refractivity contribution in [1.82, 2.24) is 9.97 Å². The number of aromatic nitrogens is 2. The number of rotatable bonds is 4. The van der Waals surface area contributed by atoms with Gasteiger partial charge in [-0.2, -0.15) is 0 Å². The van der Waals surface area contributed by atoms with Crippen LogP contribution in [0.5, 0.6) is 0 Å². The van der Waals surface area contributed by atoms with Crippen molar-refractivity contribution >= 4 is 11.3 Å². The van der Waals surface area contributed by atoms with Crippen LogP contribution >= 0.6 is 11.3 Å². The molecular formula is C13H15N3OS. The molecule has 0 amide bonds. The van der Waals surface area contributed by atoms with Crippen molar-refractivity contribution in [1.29, 1.82) is 0 Å². The molecule has 0 saturated carbocycles. The van der Waals surface area contributed by atoms with Crippen molar-refractivity contribution < 1.29 is 4.74 Å². The standard InChI is InChI=1S/C13H15N3OS/c14-7-13(8-17-9-13)5-12-16-11(6-18-12)10-1-3-15-4-2-10/h1-4,6H,5,7-9,14H2. The lowest BCUT2D eigenvalue weighted by atomic mass is 9.83. The predicted molar refractivity (Wildman–Crippen MR) is 71.4 cm³/mol. The van der Waals surface area contributed by atoms with Crippen LogP contribution in [0.25, 0.3) is 11.3 Å². The first kappa shape index (κ1) is 11.8. The summed E-state index contributed by atoms with van der Waals surface area (Å²) in [5, 5.41) is 3.23. The molecule has 0 aliphatic carbocycles. The quantitative estimate of drug-likeness (QED) is 0.910. The zero-order valence-electron chi connectivity index (χ0n) is 10.0. The highest BCUT2D eigenvalue weighted by atomic mass is 32.1. The summed E-state index contributed by atoms with van der Waals surface area (Å²) in [7, 11) is 0. The number of thiazole rings is 1. The lowest BCUT2D eigenvalue weighted by Gasteiger charge is -2.39. The van der Waals surface area contributed by atoms with Crippen molar-refractivity contribution in [3.05, 3.63) is 34.9 Å². The average molecular weight is 261 g/mol. The maximum absolute atomic E-state index is 5.82. The molecule has 1 aliphatic heterocycles. The first-order chi connectivity index (χ1) is 8.81. The molecule has 1 fully saturated rings. The number of ether oxygens (including phenoxy) is 1. The highest BCUT2D eigenvalue weighted by Crippen LogP contribution is 2.32. The largest absolute Gasteiger partial charge is 0.380 e. The van der Waals surface area contributed by atoms with Gasteiger partial charge in [0.25, 0.3) is 0 Å². The number of hydrogen-bond donors (Lipinski definition) is 1. The topological polar surface area (TPSA) is 61.0 Å². The molecule has 0 unspecified atom stereocenters. The number of nitrogens with zero attached hydrogens (tertiary/aromatic N) is 2. The van der Waals surface area contributed by atoms with Gasteiger partial charge in [0.2, 0.25) is 0 Å². The molecule has 3 heterocycles. The second-order valence-electron chi connectivity index (χ2n) is 4.74. The fraction of sp³-hybridized carbons (Fsp3) is 0.385. The Labute approximate surface area is 110 Å². The van der Waals surface area contributed by atoms with E-state index in [-0.39, 0.29) is 5.41 Å². The minimum atomic E-state index is 0.118. The van der Waals surface area contributed by atoms with Crippen LogP contribution in [0.4, 0.5) is 0 Å². The minimum Gasteiger partial charge on any atom is -0.380 e. The van der Waals surface area contributed by atoms with E-state index in [1.807, 2.05) is 12.1 Å². The third kappa shape index (κ3) is 2.16. The Morgan fingerprint density at radius 1 is 1.33 bits per heavy atom. The first-order valence-electron chi connectivity index (χ1n) is 5.94. The van der Waals surface area contributed by atoms with Crippen LogP contribution in [0.2, 0.25) is 0 Å². The van der Waals surface area contributed by atoms with Gasteiger partial charge in [-0.1, -0.05) is 0 Å². The zero-order chi connectivity index (χ0) is 12.4. The van der Waals surface area contributed by atoms with Crippen molar-refractivity contribution in [2.75, 3.05) is 19.8 Å². The lowest BCUT2D eigenvalue weighted by Crippen LogP contribution is -2.49. The van der Waals surface area contributed by atoms with E-state index in [9.17, 15) is 0 Å². The summed E-state index contributed by atoms with van der Waals surface area (Å²) in [5.41, 5.74) is 8.07.